The van der Waals surface area contributed by atoms with Crippen molar-refractivity contribution in [3.8, 4) is 0 Å². The number of nitro benzene ring substituents is 1. The molecule has 0 bridgehead atoms. The largest absolute Gasteiger partial charge is 0.321 e. The van der Waals surface area contributed by atoms with Crippen LogP contribution in [-0.2, 0) is 4.79 Å². The summed E-state index contributed by atoms with van der Waals surface area (Å²) >= 11 is 1.52. The maximum Gasteiger partial charge on any atom is 0.293 e. The number of hydrogen-bond acceptors (Lipinski definition) is 6. The highest BCUT2D eigenvalue weighted by molar-refractivity contribution is 8.16. The summed E-state index contributed by atoms with van der Waals surface area (Å²) in [7, 11) is 0. The van der Waals surface area contributed by atoms with Crippen molar-refractivity contribution in [3.63, 3.8) is 0 Å². The van der Waals surface area contributed by atoms with Crippen LogP contribution in [0.3, 0.4) is 0 Å². The van der Waals surface area contributed by atoms with Crippen LogP contribution < -0.4 is 5.32 Å². The predicted molar refractivity (Wildman–Crippen MR) is 89.2 cm³/mol. The quantitative estimate of drug-likeness (QED) is 0.675. The summed E-state index contributed by atoms with van der Waals surface area (Å²) in [5.74, 6) is -0.338. The number of aliphatic imine (C=N–C) groups is 1. The lowest BCUT2D eigenvalue weighted by Crippen LogP contribution is -2.20. The Labute approximate surface area is 137 Å². The van der Waals surface area contributed by atoms with Gasteiger partial charge in [0, 0.05) is 30.5 Å². The molecule has 2 aliphatic heterocycles. The van der Waals surface area contributed by atoms with Crippen LogP contribution in [0.25, 0.3) is 5.70 Å². The number of rotatable bonds is 3. The van der Waals surface area contributed by atoms with E-state index in [-0.39, 0.29) is 29.7 Å². The molecule has 1 aromatic rings. The maximum atomic E-state index is 11.2. The molecule has 22 heavy (non-hydrogen) atoms. The Bertz CT molecular complexity index is 705. The second-order valence-electron chi connectivity index (χ2n) is 4.61. The first-order valence-corrected chi connectivity index (χ1v) is 7.19. The second-order valence-corrected chi connectivity index (χ2v) is 5.44. The first-order chi connectivity index (χ1) is 10.1. The molecule has 0 spiro atoms. The molecule has 0 fully saturated rings. The van der Waals surface area contributed by atoms with Crippen LogP contribution in [0.1, 0.15) is 12.5 Å². The third-order valence-corrected chi connectivity index (χ3v) is 4.07. The van der Waals surface area contributed by atoms with E-state index < -0.39 is 4.92 Å². The Morgan fingerprint density at radius 1 is 1.50 bits per heavy atom. The van der Waals surface area contributed by atoms with Gasteiger partial charge >= 0.3 is 0 Å². The number of halogens is 1. The van der Waals surface area contributed by atoms with Gasteiger partial charge in [0.2, 0.25) is 5.91 Å². The van der Waals surface area contributed by atoms with Gasteiger partial charge in [-0.3, -0.25) is 19.9 Å². The molecule has 9 heteroatoms. The van der Waals surface area contributed by atoms with E-state index in [4.69, 9.17) is 0 Å². The number of hydrogen-bond donors (Lipinski definition) is 1. The number of nitrogens with one attached hydrogen (secondary N) is 1. The SMILES string of the molecule is CC(=O)Nc1ccc(C2=CSC3=NCCN23)cc1[N+](=O)[O-].Cl. The summed E-state index contributed by atoms with van der Waals surface area (Å²) in [6, 6.07) is 4.82. The fraction of sp³-hybridized carbons (Fsp3) is 0.231. The minimum Gasteiger partial charge on any atom is -0.321 e. The van der Waals surface area contributed by atoms with Crippen molar-refractivity contribution in [3.05, 3.63) is 39.3 Å². The van der Waals surface area contributed by atoms with Crippen LogP contribution >= 0.6 is 24.2 Å². The van der Waals surface area contributed by atoms with Crippen LogP contribution in [0.5, 0.6) is 0 Å². The highest BCUT2D eigenvalue weighted by Gasteiger charge is 2.28. The summed E-state index contributed by atoms with van der Waals surface area (Å²) in [5.41, 5.74) is 1.75. The number of nitrogens with zero attached hydrogens (tertiary/aromatic N) is 3. The number of thioether (sulfide) groups is 1. The lowest BCUT2D eigenvalue weighted by Gasteiger charge is -2.17. The smallest absolute Gasteiger partial charge is 0.293 e. The molecule has 0 radical (unpaired) electrons. The lowest BCUT2D eigenvalue weighted by molar-refractivity contribution is -0.384. The van der Waals surface area contributed by atoms with Crippen molar-refractivity contribution in [1.29, 1.82) is 0 Å². The summed E-state index contributed by atoms with van der Waals surface area (Å²) < 4.78 is 0. The fourth-order valence-electron chi connectivity index (χ4n) is 2.28. The van der Waals surface area contributed by atoms with Crippen molar-refractivity contribution in [2.45, 2.75) is 6.92 Å². The summed E-state index contributed by atoms with van der Waals surface area (Å²) in [6.07, 6.45) is 0. The van der Waals surface area contributed by atoms with Gasteiger partial charge in [0.05, 0.1) is 17.2 Å². The van der Waals surface area contributed by atoms with Crippen LogP contribution in [0.2, 0.25) is 0 Å². The number of carbonyl (C=O) groups is 1. The molecule has 0 aliphatic carbocycles. The highest BCUT2D eigenvalue weighted by Crippen LogP contribution is 2.37. The van der Waals surface area contributed by atoms with Gasteiger partial charge < -0.3 is 10.2 Å². The molecule has 0 unspecified atom stereocenters. The van der Waals surface area contributed by atoms with Crippen molar-refractivity contribution in [1.82, 2.24) is 4.90 Å². The molecule has 1 aromatic carbocycles. The van der Waals surface area contributed by atoms with Gasteiger partial charge in [-0.2, -0.15) is 0 Å². The first kappa shape index (κ1) is 16.3. The fourth-order valence-corrected chi connectivity index (χ4v) is 3.25. The average molecular weight is 341 g/mol. The number of benzene rings is 1. The third kappa shape index (κ3) is 2.93. The molecule has 0 saturated carbocycles. The van der Waals surface area contributed by atoms with Crippen LogP contribution in [0.4, 0.5) is 11.4 Å². The number of amidine groups is 1. The molecule has 2 heterocycles. The normalized spacial score (nSPS) is 15.6. The van der Waals surface area contributed by atoms with Crippen LogP contribution in [0, 0.1) is 10.1 Å². The lowest BCUT2D eigenvalue weighted by atomic mass is 10.1. The van der Waals surface area contributed by atoms with Gasteiger partial charge in [0.1, 0.15) is 5.69 Å². The molecule has 116 valence electrons. The highest BCUT2D eigenvalue weighted by atomic mass is 35.5. The molecule has 2 aliphatic rings. The zero-order chi connectivity index (χ0) is 15.0. The number of fused-ring (bicyclic) bond motifs is 1. The second kappa shape index (κ2) is 6.37. The molecule has 0 saturated heterocycles. The maximum absolute atomic E-state index is 11.2. The minimum atomic E-state index is -0.490. The Morgan fingerprint density at radius 3 is 2.95 bits per heavy atom. The molecule has 0 aromatic heterocycles. The van der Waals surface area contributed by atoms with Crippen molar-refractivity contribution < 1.29 is 9.72 Å². The Morgan fingerprint density at radius 2 is 2.27 bits per heavy atom. The minimum absolute atomic E-state index is 0. The van der Waals surface area contributed by atoms with Gasteiger partial charge in [-0.1, -0.05) is 17.8 Å². The van der Waals surface area contributed by atoms with E-state index in [9.17, 15) is 14.9 Å². The monoisotopic (exact) mass is 340 g/mol. The van der Waals surface area contributed by atoms with E-state index in [0.717, 1.165) is 29.5 Å². The number of carbonyl (C=O) groups excluding carboxylic acids is 1. The summed E-state index contributed by atoms with van der Waals surface area (Å²) in [4.78, 5) is 28.2. The Balaban J connectivity index is 0.00000176. The van der Waals surface area contributed by atoms with Crippen molar-refractivity contribution in [2.75, 3.05) is 18.4 Å². The van der Waals surface area contributed by atoms with Crippen molar-refractivity contribution >= 4 is 52.3 Å². The van der Waals surface area contributed by atoms with Gasteiger partial charge in [-0.15, -0.1) is 12.4 Å². The first-order valence-electron chi connectivity index (χ1n) is 6.31. The standard InChI is InChI=1S/C13H12N4O3S.ClH/c1-8(18)15-10-3-2-9(6-11(10)17(19)20)12-7-21-13-14-4-5-16(12)13;/h2-3,6-7H,4-5H2,1H3,(H,15,18);1H. The Hall–Kier alpha value is -2.06. The zero-order valence-electron chi connectivity index (χ0n) is 11.6. The van der Waals surface area contributed by atoms with Crippen LogP contribution in [0.15, 0.2) is 28.6 Å². The number of amides is 1. The molecular formula is C13H13ClN4O3S. The van der Waals surface area contributed by atoms with E-state index >= 15 is 0 Å². The Kier molecular flexibility index (Phi) is 4.72. The molecular weight excluding hydrogens is 328 g/mol. The van der Waals surface area contributed by atoms with Crippen molar-refractivity contribution in [2.24, 2.45) is 4.99 Å². The van der Waals surface area contributed by atoms with E-state index in [2.05, 4.69) is 10.3 Å². The average Bonchev–Trinajstić information content (AvgIpc) is 3.01. The predicted octanol–water partition coefficient (Wildman–Crippen LogP) is 2.69. The van der Waals surface area contributed by atoms with E-state index in [1.165, 1.54) is 24.8 Å². The topological polar surface area (TPSA) is 87.8 Å². The summed E-state index contributed by atoms with van der Waals surface area (Å²) in [5, 5.41) is 16.5. The zero-order valence-corrected chi connectivity index (χ0v) is 13.2. The molecule has 1 N–H and O–H groups in total. The molecule has 1 amide bonds. The van der Waals surface area contributed by atoms with Crippen LogP contribution in [-0.4, -0.2) is 34.0 Å². The van der Waals surface area contributed by atoms with E-state index in [0.29, 0.717) is 0 Å². The van der Waals surface area contributed by atoms with E-state index in [1.807, 2.05) is 10.3 Å². The van der Waals surface area contributed by atoms with Gasteiger partial charge in [-0.05, 0) is 6.07 Å². The van der Waals surface area contributed by atoms with Gasteiger partial charge in [0.15, 0.2) is 5.17 Å². The number of anilines is 1. The summed E-state index contributed by atoms with van der Waals surface area (Å²) in [6.45, 7) is 2.85. The van der Waals surface area contributed by atoms with E-state index in [1.54, 1.807) is 12.1 Å². The number of nitro groups is 1. The van der Waals surface area contributed by atoms with Gasteiger partial charge in [-0.25, -0.2) is 0 Å². The molecule has 3 rings (SSSR count). The molecule has 0 atom stereocenters. The molecule has 7 nitrogen and oxygen atoms in total. The third-order valence-electron chi connectivity index (χ3n) is 3.17. The van der Waals surface area contributed by atoms with Gasteiger partial charge in [0.25, 0.3) is 5.69 Å².